The molecule has 2 aromatic carbocycles. The number of aromatic nitrogens is 1. The van der Waals surface area contributed by atoms with Crippen molar-refractivity contribution >= 4 is 28.5 Å². The molecule has 7 heteroatoms. The fraction of sp³-hybridized carbons (Fsp3) is 0.100. The molecule has 0 fully saturated rings. The van der Waals surface area contributed by atoms with E-state index in [9.17, 15) is 10.2 Å². The van der Waals surface area contributed by atoms with Crippen molar-refractivity contribution in [3.05, 3.63) is 64.3 Å². The number of phenols is 2. The predicted octanol–water partition coefficient (Wildman–Crippen LogP) is 4.18. The molecule has 0 aliphatic carbocycles. The number of nitrogens with zero attached hydrogens (tertiary/aromatic N) is 3. The summed E-state index contributed by atoms with van der Waals surface area (Å²) in [6, 6.07) is 14.3. The number of phenolic OH excluding ortho intramolecular Hbond substituents is 2. The first-order valence-corrected chi connectivity index (χ1v) is 9.30. The second-order valence-corrected chi connectivity index (χ2v) is 6.67. The molecule has 0 radical (unpaired) electrons. The van der Waals surface area contributed by atoms with Crippen molar-refractivity contribution in [2.24, 2.45) is 10.1 Å². The Morgan fingerprint density at radius 1 is 1.11 bits per heavy atom. The van der Waals surface area contributed by atoms with Gasteiger partial charge in [0.25, 0.3) is 0 Å². The number of benzene rings is 2. The molecule has 0 aliphatic rings. The maximum atomic E-state index is 9.66. The van der Waals surface area contributed by atoms with Gasteiger partial charge in [0.1, 0.15) is 11.3 Å². The molecular formula is C20H17N3O3S. The molecule has 2 N–H and O–H groups in total. The average Bonchev–Trinajstić information content (AvgIpc) is 3.26. The van der Waals surface area contributed by atoms with Crippen molar-refractivity contribution in [3.8, 4) is 23.0 Å². The predicted molar refractivity (Wildman–Crippen MR) is 106 cm³/mol. The lowest BCUT2D eigenvalue weighted by atomic mass is 10.2. The molecule has 2 heterocycles. The number of para-hydroxylation sites is 1. The Bertz CT molecular complexity index is 1170. The van der Waals surface area contributed by atoms with E-state index >= 15 is 0 Å². The number of fused-ring (bicyclic) bond motifs is 1. The summed E-state index contributed by atoms with van der Waals surface area (Å²) in [4.78, 5) is 5.23. The van der Waals surface area contributed by atoms with Crippen LogP contribution in [0.1, 0.15) is 12.5 Å². The first-order chi connectivity index (χ1) is 13.2. The first kappa shape index (κ1) is 17.1. The van der Waals surface area contributed by atoms with Crippen LogP contribution >= 0.6 is 11.3 Å². The number of aromatic hydroxyl groups is 2. The molecular weight excluding hydrogens is 362 g/mol. The summed E-state index contributed by atoms with van der Waals surface area (Å²) in [7, 11) is 0. The smallest absolute Gasteiger partial charge is 0.206 e. The second-order valence-electron chi connectivity index (χ2n) is 5.83. The monoisotopic (exact) mass is 379 g/mol. The summed E-state index contributed by atoms with van der Waals surface area (Å²) < 4.78 is 7.69. The Morgan fingerprint density at radius 3 is 2.74 bits per heavy atom. The van der Waals surface area contributed by atoms with E-state index in [1.807, 2.05) is 42.6 Å². The van der Waals surface area contributed by atoms with Crippen molar-refractivity contribution in [3.63, 3.8) is 0 Å². The lowest BCUT2D eigenvalue weighted by molar-refractivity contribution is 0.403. The molecule has 6 nitrogen and oxygen atoms in total. The highest BCUT2D eigenvalue weighted by molar-refractivity contribution is 7.07. The number of hydrogen-bond acceptors (Lipinski definition) is 6. The third kappa shape index (κ3) is 3.37. The highest BCUT2D eigenvalue weighted by atomic mass is 32.1. The molecule has 0 amide bonds. The third-order valence-corrected chi connectivity index (χ3v) is 4.83. The maximum absolute atomic E-state index is 9.66. The van der Waals surface area contributed by atoms with Crippen LogP contribution in [-0.4, -0.2) is 27.6 Å². The van der Waals surface area contributed by atoms with Crippen molar-refractivity contribution in [2.75, 3.05) is 6.54 Å². The van der Waals surface area contributed by atoms with Crippen LogP contribution in [0.15, 0.2) is 68.4 Å². The van der Waals surface area contributed by atoms with E-state index in [1.165, 1.54) is 23.5 Å². The van der Waals surface area contributed by atoms with Gasteiger partial charge in [-0.25, -0.2) is 4.68 Å². The van der Waals surface area contributed by atoms with E-state index in [0.29, 0.717) is 17.9 Å². The Morgan fingerprint density at radius 2 is 1.96 bits per heavy atom. The molecule has 0 bridgehead atoms. The maximum Gasteiger partial charge on any atom is 0.206 e. The molecule has 0 saturated carbocycles. The van der Waals surface area contributed by atoms with Crippen molar-refractivity contribution in [2.45, 2.75) is 6.92 Å². The lowest BCUT2D eigenvalue weighted by Gasteiger charge is -2.01. The van der Waals surface area contributed by atoms with Gasteiger partial charge in [-0.3, -0.25) is 4.99 Å². The number of hydrogen-bond donors (Lipinski definition) is 2. The standard InChI is InChI=1S/C20H17N3O3S/c1-2-21-20-23(22-11-13-7-8-16(24)17(25)9-13)15(12-27-20)19-10-14-5-3-4-6-18(14)26-19/h3-12,24-25H,2H2,1H3. The zero-order valence-electron chi connectivity index (χ0n) is 14.5. The molecule has 0 spiro atoms. The highest BCUT2D eigenvalue weighted by Crippen LogP contribution is 2.28. The van der Waals surface area contributed by atoms with Crippen LogP contribution in [0.2, 0.25) is 0 Å². The largest absolute Gasteiger partial charge is 0.504 e. The van der Waals surface area contributed by atoms with Crippen LogP contribution in [0.3, 0.4) is 0 Å². The average molecular weight is 379 g/mol. The summed E-state index contributed by atoms with van der Waals surface area (Å²) in [5, 5.41) is 26.6. The van der Waals surface area contributed by atoms with Gasteiger partial charge < -0.3 is 14.6 Å². The summed E-state index contributed by atoms with van der Waals surface area (Å²) in [6.07, 6.45) is 1.60. The van der Waals surface area contributed by atoms with Gasteiger partial charge >= 0.3 is 0 Å². The van der Waals surface area contributed by atoms with E-state index in [1.54, 1.807) is 17.0 Å². The topological polar surface area (TPSA) is 83.2 Å². The van der Waals surface area contributed by atoms with E-state index in [4.69, 9.17) is 4.42 Å². The van der Waals surface area contributed by atoms with E-state index < -0.39 is 0 Å². The van der Waals surface area contributed by atoms with Crippen LogP contribution in [0.4, 0.5) is 0 Å². The Labute approximate surface area is 159 Å². The quantitative estimate of drug-likeness (QED) is 0.412. The van der Waals surface area contributed by atoms with Gasteiger partial charge in [0.05, 0.1) is 6.21 Å². The van der Waals surface area contributed by atoms with Gasteiger partial charge in [0, 0.05) is 17.3 Å². The summed E-state index contributed by atoms with van der Waals surface area (Å²) >= 11 is 1.48. The van der Waals surface area contributed by atoms with Crippen molar-refractivity contribution in [1.29, 1.82) is 0 Å². The van der Waals surface area contributed by atoms with Crippen LogP contribution < -0.4 is 4.80 Å². The zero-order valence-corrected chi connectivity index (χ0v) is 15.3. The summed E-state index contributed by atoms with van der Waals surface area (Å²) in [6.45, 7) is 2.60. The second kappa shape index (κ2) is 7.13. The molecule has 0 aliphatic heterocycles. The molecule has 0 saturated heterocycles. The van der Waals surface area contributed by atoms with Gasteiger partial charge in [-0.05, 0) is 42.8 Å². The zero-order chi connectivity index (χ0) is 18.8. The van der Waals surface area contributed by atoms with Crippen LogP contribution in [0.25, 0.3) is 22.4 Å². The molecule has 0 unspecified atom stereocenters. The molecule has 27 heavy (non-hydrogen) atoms. The van der Waals surface area contributed by atoms with Crippen LogP contribution in [0, 0.1) is 0 Å². The first-order valence-electron chi connectivity index (χ1n) is 8.42. The minimum Gasteiger partial charge on any atom is -0.504 e. The van der Waals surface area contributed by atoms with E-state index in [0.717, 1.165) is 21.5 Å². The lowest BCUT2D eigenvalue weighted by Crippen LogP contribution is -2.12. The van der Waals surface area contributed by atoms with Gasteiger partial charge in [-0.1, -0.05) is 18.2 Å². The fourth-order valence-corrected chi connectivity index (χ4v) is 3.56. The van der Waals surface area contributed by atoms with Gasteiger partial charge in [-0.2, -0.15) is 5.10 Å². The Balaban J connectivity index is 1.80. The third-order valence-electron chi connectivity index (χ3n) is 3.98. The highest BCUT2D eigenvalue weighted by Gasteiger charge is 2.12. The fourth-order valence-electron chi connectivity index (χ4n) is 2.68. The van der Waals surface area contributed by atoms with Gasteiger partial charge in [0.2, 0.25) is 4.80 Å². The van der Waals surface area contributed by atoms with Crippen molar-refractivity contribution in [1.82, 2.24) is 4.68 Å². The number of rotatable bonds is 4. The van der Waals surface area contributed by atoms with E-state index in [-0.39, 0.29) is 11.5 Å². The Hall–Kier alpha value is -3.32. The SMILES string of the molecule is CCN=c1scc(-c2cc3ccccc3o2)n1N=Cc1ccc(O)c(O)c1. The van der Waals surface area contributed by atoms with Crippen LogP contribution in [0.5, 0.6) is 11.5 Å². The summed E-state index contributed by atoms with van der Waals surface area (Å²) in [5.41, 5.74) is 2.26. The molecule has 136 valence electrons. The minimum atomic E-state index is -0.190. The van der Waals surface area contributed by atoms with E-state index in [2.05, 4.69) is 10.1 Å². The molecule has 4 rings (SSSR count). The molecule has 0 atom stereocenters. The minimum absolute atomic E-state index is 0.167. The van der Waals surface area contributed by atoms with Crippen molar-refractivity contribution < 1.29 is 14.6 Å². The molecule has 2 aromatic heterocycles. The van der Waals surface area contributed by atoms with Crippen LogP contribution in [-0.2, 0) is 0 Å². The number of furan rings is 1. The van der Waals surface area contributed by atoms with Gasteiger partial charge in [0.15, 0.2) is 17.3 Å². The van der Waals surface area contributed by atoms with Gasteiger partial charge in [-0.15, -0.1) is 11.3 Å². The Kier molecular flexibility index (Phi) is 4.52. The normalized spacial score (nSPS) is 12.4. The summed E-state index contributed by atoms with van der Waals surface area (Å²) in [5.74, 6) is 0.348. The molecule has 4 aromatic rings. The number of thiazole rings is 1.